The van der Waals surface area contributed by atoms with Crippen molar-refractivity contribution in [3.63, 3.8) is 0 Å². The lowest BCUT2D eigenvalue weighted by Crippen LogP contribution is -2.29. The normalized spacial score (nSPS) is 10.2. The lowest BCUT2D eigenvalue weighted by Gasteiger charge is -2.12. The van der Waals surface area contributed by atoms with Crippen LogP contribution in [0.15, 0.2) is 22.7 Å². The number of ether oxygens (including phenoxy) is 1. The van der Waals surface area contributed by atoms with E-state index in [1.807, 2.05) is 18.2 Å². The third-order valence-corrected chi connectivity index (χ3v) is 3.09. The van der Waals surface area contributed by atoms with E-state index in [2.05, 4.69) is 28.2 Å². The number of unbranched alkanes of at least 4 members (excludes halogenated alkanes) is 1. The highest BCUT2D eigenvalue weighted by atomic mass is 79.9. The zero-order valence-corrected chi connectivity index (χ0v) is 12.1. The van der Waals surface area contributed by atoms with Gasteiger partial charge in [0.05, 0.1) is 4.47 Å². The SMILES string of the molecule is CCCCNC(=O)COc1c(Br)cccc1CN. The van der Waals surface area contributed by atoms with Crippen molar-refractivity contribution in [2.75, 3.05) is 13.2 Å². The van der Waals surface area contributed by atoms with Crippen LogP contribution in [0, 0.1) is 0 Å². The fourth-order valence-corrected chi connectivity index (χ4v) is 1.99. The number of halogens is 1. The molecule has 0 heterocycles. The monoisotopic (exact) mass is 314 g/mol. The number of amides is 1. The summed E-state index contributed by atoms with van der Waals surface area (Å²) < 4.78 is 6.32. The molecule has 4 nitrogen and oxygen atoms in total. The van der Waals surface area contributed by atoms with E-state index >= 15 is 0 Å². The molecule has 3 N–H and O–H groups in total. The molecule has 1 aromatic carbocycles. The molecule has 100 valence electrons. The van der Waals surface area contributed by atoms with E-state index in [1.165, 1.54) is 0 Å². The van der Waals surface area contributed by atoms with Crippen molar-refractivity contribution in [2.45, 2.75) is 26.3 Å². The minimum atomic E-state index is -0.109. The molecule has 0 aliphatic carbocycles. The van der Waals surface area contributed by atoms with Crippen molar-refractivity contribution in [1.29, 1.82) is 0 Å². The predicted molar refractivity (Wildman–Crippen MR) is 75.4 cm³/mol. The van der Waals surface area contributed by atoms with Crippen LogP contribution in [0.5, 0.6) is 5.75 Å². The Bertz CT molecular complexity index is 397. The molecule has 1 amide bonds. The molecule has 1 aromatic rings. The summed E-state index contributed by atoms with van der Waals surface area (Å²) >= 11 is 3.39. The van der Waals surface area contributed by atoms with Gasteiger partial charge in [0, 0.05) is 18.7 Å². The van der Waals surface area contributed by atoms with Gasteiger partial charge in [0.15, 0.2) is 6.61 Å². The van der Waals surface area contributed by atoms with Gasteiger partial charge in [0.2, 0.25) is 0 Å². The van der Waals surface area contributed by atoms with Gasteiger partial charge in [0.25, 0.3) is 5.91 Å². The van der Waals surface area contributed by atoms with Gasteiger partial charge in [-0.1, -0.05) is 25.5 Å². The second-order valence-corrected chi connectivity index (χ2v) is 4.78. The first kappa shape index (κ1) is 15.0. The molecule has 0 bridgehead atoms. The Morgan fingerprint density at radius 1 is 1.50 bits per heavy atom. The first-order chi connectivity index (χ1) is 8.69. The molecule has 5 heteroatoms. The van der Waals surface area contributed by atoms with Gasteiger partial charge in [-0.15, -0.1) is 0 Å². The van der Waals surface area contributed by atoms with Crippen LogP contribution in [0.2, 0.25) is 0 Å². The van der Waals surface area contributed by atoms with E-state index in [-0.39, 0.29) is 12.5 Å². The first-order valence-electron chi connectivity index (χ1n) is 6.06. The number of nitrogens with two attached hydrogens (primary N) is 1. The summed E-state index contributed by atoms with van der Waals surface area (Å²) in [6.45, 7) is 3.17. The largest absolute Gasteiger partial charge is 0.482 e. The fraction of sp³-hybridized carbons (Fsp3) is 0.462. The maximum Gasteiger partial charge on any atom is 0.257 e. The summed E-state index contributed by atoms with van der Waals surface area (Å²) in [4.78, 5) is 11.5. The van der Waals surface area contributed by atoms with Crippen LogP contribution in [-0.4, -0.2) is 19.1 Å². The van der Waals surface area contributed by atoms with Crippen LogP contribution in [-0.2, 0) is 11.3 Å². The van der Waals surface area contributed by atoms with Gasteiger partial charge in [-0.2, -0.15) is 0 Å². The van der Waals surface area contributed by atoms with Gasteiger partial charge in [-0.25, -0.2) is 0 Å². The lowest BCUT2D eigenvalue weighted by atomic mass is 10.2. The van der Waals surface area contributed by atoms with E-state index in [9.17, 15) is 4.79 Å². The number of carbonyl (C=O) groups excluding carboxylic acids is 1. The van der Waals surface area contributed by atoms with Gasteiger partial charge in [-0.05, 0) is 28.4 Å². The molecule has 18 heavy (non-hydrogen) atoms. The number of hydrogen-bond acceptors (Lipinski definition) is 3. The van der Waals surface area contributed by atoms with Crippen molar-refractivity contribution in [1.82, 2.24) is 5.32 Å². The predicted octanol–water partition coefficient (Wildman–Crippen LogP) is 2.20. The van der Waals surface area contributed by atoms with Gasteiger partial charge in [-0.3, -0.25) is 4.79 Å². The third-order valence-electron chi connectivity index (χ3n) is 2.47. The summed E-state index contributed by atoms with van der Waals surface area (Å²) in [5.74, 6) is 0.535. The number of carbonyl (C=O) groups is 1. The van der Waals surface area contributed by atoms with E-state index in [0.29, 0.717) is 18.8 Å². The molecule has 0 unspecified atom stereocenters. The summed E-state index contributed by atoms with van der Waals surface area (Å²) in [7, 11) is 0. The quantitative estimate of drug-likeness (QED) is 0.758. The zero-order chi connectivity index (χ0) is 13.4. The van der Waals surface area contributed by atoms with E-state index < -0.39 is 0 Å². The van der Waals surface area contributed by atoms with Crippen molar-refractivity contribution >= 4 is 21.8 Å². The zero-order valence-electron chi connectivity index (χ0n) is 10.5. The number of rotatable bonds is 7. The molecule has 1 rings (SSSR count). The molecule has 0 aliphatic rings. The summed E-state index contributed by atoms with van der Waals surface area (Å²) in [6.07, 6.45) is 2.04. The molecule has 0 spiro atoms. The fourth-order valence-electron chi connectivity index (χ4n) is 1.47. The number of benzene rings is 1. The van der Waals surface area contributed by atoms with Crippen LogP contribution in [0.4, 0.5) is 0 Å². The van der Waals surface area contributed by atoms with Crippen LogP contribution in [0.1, 0.15) is 25.3 Å². The van der Waals surface area contributed by atoms with Crippen LogP contribution >= 0.6 is 15.9 Å². The molecule has 0 aliphatic heterocycles. The Balaban J connectivity index is 2.50. The lowest BCUT2D eigenvalue weighted by molar-refractivity contribution is -0.123. The van der Waals surface area contributed by atoms with Crippen LogP contribution in [0.3, 0.4) is 0 Å². The van der Waals surface area contributed by atoms with Crippen molar-refractivity contribution in [3.05, 3.63) is 28.2 Å². The van der Waals surface area contributed by atoms with Crippen LogP contribution < -0.4 is 15.8 Å². The Hall–Kier alpha value is -1.07. The molecular formula is C13H19BrN2O2. The van der Waals surface area contributed by atoms with E-state index in [4.69, 9.17) is 10.5 Å². The van der Waals surface area contributed by atoms with Crippen LogP contribution in [0.25, 0.3) is 0 Å². The average Bonchev–Trinajstić information content (AvgIpc) is 2.37. The number of hydrogen-bond donors (Lipinski definition) is 2. The Morgan fingerprint density at radius 2 is 2.28 bits per heavy atom. The minimum Gasteiger partial charge on any atom is -0.482 e. The molecule has 0 atom stereocenters. The van der Waals surface area contributed by atoms with E-state index in [1.54, 1.807) is 0 Å². The summed E-state index contributed by atoms with van der Waals surface area (Å²) in [6, 6.07) is 5.64. The molecule has 0 fully saturated rings. The molecule has 0 saturated carbocycles. The average molecular weight is 315 g/mol. The molecule has 0 saturated heterocycles. The second kappa shape index (κ2) is 8.11. The Kier molecular flexibility index (Phi) is 6.75. The highest BCUT2D eigenvalue weighted by Crippen LogP contribution is 2.28. The number of nitrogens with one attached hydrogen (secondary N) is 1. The van der Waals surface area contributed by atoms with E-state index in [0.717, 1.165) is 22.9 Å². The number of para-hydroxylation sites is 1. The Labute approximate surface area is 116 Å². The summed E-state index contributed by atoms with van der Waals surface area (Å²) in [5, 5.41) is 2.80. The first-order valence-corrected chi connectivity index (χ1v) is 6.85. The smallest absolute Gasteiger partial charge is 0.257 e. The topological polar surface area (TPSA) is 64.3 Å². The highest BCUT2D eigenvalue weighted by Gasteiger charge is 2.09. The maximum atomic E-state index is 11.5. The van der Waals surface area contributed by atoms with Gasteiger partial charge in [0.1, 0.15) is 5.75 Å². The standard InChI is InChI=1S/C13H19BrN2O2/c1-2-3-7-16-12(17)9-18-13-10(8-15)5-4-6-11(13)14/h4-6H,2-3,7-9,15H2,1H3,(H,16,17). The third kappa shape index (κ3) is 4.66. The maximum absolute atomic E-state index is 11.5. The molecule has 0 aromatic heterocycles. The second-order valence-electron chi connectivity index (χ2n) is 3.92. The minimum absolute atomic E-state index is 0.0132. The molecule has 0 radical (unpaired) electrons. The van der Waals surface area contributed by atoms with Crippen molar-refractivity contribution in [3.8, 4) is 5.75 Å². The van der Waals surface area contributed by atoms with Gasteiger partial charge < -0.3 is 15.8 Å². The Morgan fingerprint density at radius 3 is 2.94 bits per heavy atom. The highest BCUT2D eigenvalue weighted by molar-refractivity contribution is 9.10. The van der Waals surface area contributed by atoms with Crippen molar-refractivity contribution in [2.24, 2.45) is 5.73 Å². The van der Waals surface area contributed by atoms with Gasteiger partial charge >= 0.3 is 0 Å². The summed E-state index contributed by atoms with van der Waals surface area (Å²) in [5.41, 5.74) is 6.50. The van der Waals surface area contributed by atoms with Crippen molar-refractivity contribution < 1.29 is 9.53 Å². The molecular weight excluding hydrogens is 296 g/mol.